The highest BCUT2D eigenvalue weighted by Crippen LogP contribution is 2.17. The Hall–Kier alpha value is -3.15. The molecule has 1 aliphatic rings. The van der Waals surface area contributed by atoms with E-state index >= 15 is 0 Å². The number of rotatable bonds is 7. The van der Waals surface area contributed by atoms with Crippen molar-refractivity contribution in [1.82, 2.24) is 10.2 Å². The number of aromatic carboxylic acids is 1. The van der Waals surface area contributed by atoms with Gasteiger partial charge < -0.3 is 15.3 Å². The van der Waals surface area contributed by atoms with Crippen molar-refractivity contribution >= 4 is 17.8 Å². The predicted octanol–water partition coefficient (Wildman–Crippen LogP) is 2.37. The zero-order chi connectivity index (χ0) is 19.2. The molecule has 2 aromatic carbocycles. The third-order valence-electron chi connectivity index (χ3n) is 4.67. The Morgan fingerprint density at radius 2 is 1.85 bits per heavy atom. The van der Waals surface area contributed by atoms with Gasteiger partial charge in [0.15, 0.2) is 0 Å². The number of nitrogens with one attached hydrogen (secondary N) is 1. The fraction of sp³-hybridized carbons (Fsp3) is 0.286. The number of likely N-dealkylation sites (tertiary alicyclic amines) is 1. The molecular formula is C21H22N2O4. The van der Waals surface area contributed by atoms with E-state index in [0.717, 1.165) is 24.1 Å². The average molecular weight is 366 g/mol. The van der Waals surface area contributed by atoms with E-state index < -0.39 is 5.97 Å². The first kappa shape index (κ1) is 18.6. The maximum absolute atomic E-state index is 12.3. The second kappa shape index (κ2) is 8.49. The number of carbonyl (C=O) groups is 3. The van der Waals surface area contributed by atoms with Crippen LogP contribution in [0.1, 0.15) is 39.9 Å². The number of amides is 2. The number of hydrogen-bond acceptors (Lipinski definition) is 3. The molecule has 2 aromatic rings. The quantitative estimate of drug-likeness (QED) is 0.788. The van der Waals surface area contributed by atoms with Crippen LogP contribution >= 0.6 is 0 Å². The lowest BCUT2D eigenvalue weighted by Crippen LogP contribution is -2.27. The van der Waals surface area contributed by atoms with Crippen LogP contribution in [0.15, 0.2) is 48.5 Å². The Bertz CT molecular complexity index is 863. The van der Waals surface area contributed by atoms with Gasteiger partial charge in [-0.15, -0.1) is 0 Å². The van der Waals surface area contributed by atoms with Crippen LogP contribution < -0.4 is 5.32 Å². The summed E-state index contributed by atoms with van der Waals surface area (Å²) in [7, 11) is 0. The van der Waals surface area contributed by atoms with E-state index in [1.165, 1.54) is 12.1 Å². The van der Waals surface area contributed by atoms with Crippen LogP contribution in [0.2, 0.25) is 0 Å². The molecule has 0 atom stereocenters. The number of nitrogens with zero attached hydrogens (tertiary/aromatic N) is 1. The molecule has 0 bridgehead atoms. The number of carbonyl (C=O) groups excluding carboxylic acids is 2. The highest BCUT2D eigenvalue weighted by Gasteiger charge is 2.20. The van der Waals surface area contributed by atoms with E-state index in [0.29, 0.717) is 25.1 Å². The molecule has 1 heterocycles. The van der Waals surface area contributed by atoms with Crippen molar-refractivity contribution in [2.24, 2.45) is 0 Å². The maximum atomic E-state index is 12.3. The molecule has 6 heteroatoms. The standard InChI is InChI=1S/C21H22N2O4/c24-19(12-15-5-3-8-16(11-15)21(26)27)22-13-17-6-1-2-7-18(17)14-23-10-4-9-20(23)25/h1-3,5-8,11H,4,9-10,12-14H2,(H,22,24)(H,26,27). The minimum Gasteiger partial charge on any atom is -0.478 e. The zero-order valence-corrected chi connectivity index (χ0v) is 15.0. The lowest BCUT2D eigenvalue weighted by molar-refractivity contribution is -0.128. The summed E-state index contributed by atoms with van der Waals surface area (Å²) < 4.78 is 0. The summed E-state index contributed by atoms with van der Waals surface area (Å²) in [5.41, 5.74) is 2.83. The largest absolute Gasteiger partial charge is 0.478 e. The van der Waals surface area contributed by atoms with Crippen LogP contribution in [0.25, 0.3) is 0 Å². The number of carboxylic acids is 1. The first-order valence-electron chi connectivity index (χ1n) is 8.96. The molecular weight excluding hydrogens is 344 g/mol. The first-order valence-corrected chi connectivity index (χ1v) is 8.96. The second-order valence-corrected chi connectivity index (χ2v) is 6.65. The van der Waals surface area contributed by atoms with Gasteiger partial charge in [-0.2, -0.15) is 0 Å². The predicted molar refractivity (Wildman–Crippen MR) is 100 cm³/mol. The molecule has 1 saturated heterocycles. The van der Waals surface area contributed by atoms with Crippen LogP contribution in [-0.2, 0) is 29.1 Å². The SMILES string of the molecule is O=C(Cc1cccc(C(=O)O)c1)NCc1ccccc1CN1CCCC1=O. The van der Waals surface area contributed by atoms with E-state index in [1.54, 1.807) is 12.1 Å². The topological polar surface area (TPSA) is 86.7 Å². The normalized spacial score (nSPS) is 13.6. The average Bonchev–Trinajstić information content (AvgIpc) is 3.06. The Labute approximate surface area is 157 Å². The highest BCUT2D eigenvalue weighted by atomic mass is 16.4. The van der Waals surface area contributed by atoms with Crippen molar-refractivity contribution in [1.29, 1.82) is 0 Å². The van der Waals surface area contributed by atoms with Crippen LogP contribution in [0, 0.1) is 0 Å². The Morgan fingerprint density at radius 3 is 2.56 bits per heavy atom. The molecule has 1 fully saturated rings. The fourth-order valence-electron chi connectivity index (χ4n) is 3.22. The van der Waals surface area contributed by atoms with Gasteiger partial charge in [-0.25, -0.2) is 4.79 Å². The highest BCUT2D eigenvalue weighted by molar-refractivity contribution is 5.88. The maximum Gasteiger partial charge on any atom is 0.335 e. The van der Waals surface area contributed by atoms with Crippen LogP contribution in [-0.4, -0.2) is 34.3 Å². The summed E-state index contributed by atoms with van der Waals surface area (Å²) in [5, 5.41) is 11.9. The van der Waals surface area contributed by atoms with Crippen molar-refractivity contribution in [3.63, 3.8) is 0 Å². The van der Waals surface area contributed by atoms with Gasteiger partial charge in [0.2, 0.25) is 11.8 Å². The van der Waals surface area contributed by atoms with Gasteiger partial charge >= 0.3 is 5.97 Å². The molecule has 2 N–H and O–H groups in total. The van der Waals surface area contributed by atoms with Crippen molar-refractivity contribution in [3.05, 3.63) is 70.8 Å². The molecule has 27 heavy (non-hydrogen) atoms. The molecule has 0 aliphatic carbocycles. The Balaban J connectivity index is 1.60. The van der Waals surface area contributed by atoms with Gasteiger partial charge in [-0.05, 0) is 35.2 Å². The van der Waals surface area contributed by atoms with E-state index in [2.05, 4.69) is 5.32 Å². The summed E-state index contributed by atoms with van der Waals surface area (Å²) in [6.07, 6.45) is 1.62. The van der Waals surface area contributed by atoms with E-state index in [4.69, 9.17) is 5.11 Å². The number of benzene rings is 2. The summed E-state index contributed by atoms with van der Waals surface area (Å²) >= 11 is 0. The van der Waals surface area contributed by atoms with Gasteiger partial charge in [-0.3, -0.25) is 9.59 Å². The van der Waals surface area contributed by atoms with Gasteiger partial charge in [0.05, 0.1) is 12.0 Å². The molecule has 3 rings (SSSR count). The van der Waals surface area contributed by atoms with Gasteiger partial charge in [0, 0.05) is 26.1 Å². The third-order valence-corrected chi connectivity index (χ3v) is 4.67. The first-order chi connectivity index (χ1) is 13.0. The van der Waals surface area contributed by atoms with Crippen molar-refractivity contribution in [2.75, 3.05) is 6.54 Å². The monoisotopic (exact) mass is 366 g/mol. The second-order valence-electron chi connectivity index (χ2n) is 6.65. The Morgan fingerprint density at radius 1 is 1.07 bits per heavy atom. The van der Waals surface area contributed by atoms with Crippen LogP contribution in [0.4, 0.5) is 0 Å². The summed E-state index contributed by atoms with van der Waals surface area (Å²) in [6, 6.07) is 14.1. The molecule has 2 amide bonds. The van der Waals surface area contributed by atoms with E-state index in [1.807, 2.05) is 29.2 Å². The number of hydrogen-bond donors (Lipinski definition) is 2. The van der Waals surface area contributed by atoms with E-state index in [-0.39, 0.29) is 23.8 Å². The molecule has 0 aromatic heterocycles. The lowest BCUT2D eigenvalue weighted by Gasteiger charge is -2.18. The fourth-order valence-corrected chi connectivity index (χ4v) is 3.22. The molecule has 0 spiro atoms. The van der Waals surface area contributed by atoms with Crippen LogP contribution in [0.3, 0.4) is 0 Å². The zero-order valence-electron chi connectivity index (χ0n) is 15.0. The summed E-state index contributed by atoms with van der Waals surface area (Å²) in [5.74, 6) is -1.01. The third kappa shape index (κ3) is 4.94. The molecule has 0 radical (unpaired) electrons. The smallest absolute Gasteiger partial charge is 0.335 e. The molecule has 0 unspecified atom stereocenters. The van der Waals surface area contributed by atoms with Crippen molar-refractivity contribution in [2.45, 2.75) is 32.4 Å². The van der Waals surface area contributed by atoms with Gasteiger partial charge in [-0.1, -0.05) is 36.4 Å². The van der Waals surface area contributed by atoms with Crippen molar-refractivity contribution in [3.8, 4) is 0 Å². The minimum atomic E-state index is -1.01. The van der Waals surface area contributed by atoms with Gasteiger partial charge in [0.25, 0.3) is 0 Å². The van der Waals surface area contributed by atoms with Crippen LogP contribution in [0.5, 0.6) is 0 Å². The van der Waals surface area contributed by atoms with E-state index in [9.17, 15) is 14.4 Å². The minimum absolute atomic E-state index is 0.119. The molecule has 0 saturated carbocycles. The molecule has 6 nitrogen and oxygen atoms in total. The van der Waals surface area contributed by atoms with Crippen molar-refractivity contribution < 1.29 is 19.5 Å². The van der Waals surface area contributed by atoms with Gasteiger partial charge in [0.1, 0.15) is 0 Å². The number of carboxylic acid groups (broad SMARTS) is 1. The summed E-state index contributed by atoms with van der Waals surface area (Å²) in [4.78, 5) is 37.0. The molecule has 1 aliphatic heterocycles. The lowest BCUT2D eigenvalue weighted by atomic mass is 10.1. The Kier molecular flexibility index (Phi) is 5.86. The summed E-state index contributed by atoms with van der Waals surface area (Å²) in [6.45, 7) is 1.71. The molecule has 140 valence electrons.